The second kappa shape index (κ2) is 10.1. The zero-order valence-electron chi connectivity index (χ0n) is 11.5. The third-order valence-electron chi connectivity index (χ3n) is 2.90. The predicted octanol–water partition coefficient (Wildman–Crippen LogP) is 3.19. The first-order valence-electron chi connectivity index (χ1n) is 6.50. The third kappa shape index (κ3) is 6.68. The van der Waals surface area contributed by atoms with E-state index in [4.69, 9.17) is 5.73 Å². The molecule has 20 heavy (non-hydrogen) atoms. The van der Waals surface area contributed by atoms with Crippen molar-refractivity contribution in [2.45, 2.75) is 38.6 Å². The Morgan fingerprint density at radius 3 is 2.75 bits per heavy atom. The first-order chi connectivity index (χ1) is 9.06. The smallest absolute Gasteiger partial charge is 0.224 e. The second-order valence-corrected chi connectivity index (χ2v) is 5.42. The summed E-state index contributed by atoms with van der Waals surface area (Å²) < 4.78 is 13.5. The Kier molecular flexibility index (Phi) is 9.80. The fraction of sp³-hybridized carbons (Fsp3) is 0.500. The van der Waals surface area contributed by atoms with E-state index in [0.29, 0.717) is 11.0 Å². The lowest BCUT2D eigenvalue weighted by atomic mass is 10.1. The van der Waals surface area contributed by atoms with Gasteiger partial charge in [0.15, 0.2) is 0 Å². The van der Waals surface area contributed by atoms with Gasteiger partial charge in [-0.25, -0.2) is 4.39 Å². The van der Waals surface area contributed by atoms with Gasteiger partial charge in [-0.3, -0.25) is 4.79 Å². The number of amides is 1. The van der Waals surface area contributed by atoms with Crippen molar-refractivity contribution in [2.75, 3.05) is 6.54 Å². The van der Waals surface area contributed by atoms with Gasteiger partial charge < -0.3 is 11.1 Å². The van der Waals surface area contributed by atoms with Gasteiger partial charge in [0.25, 0.3) is 0 Å². The minimum Gasteiger partial charge on any atom is -0.352 e. The van der Waals surface area contributed by atoms with E-state index in [2.05, 4.69) is 28.2 Å². The van der Waals surface area contributed by atoms with Crippen molar-refractivity contribution in [1.82, 2.24) is 5.32 Å². The normalized spacial score (nSPS) is 11.6. The van der Waals surface area contributed by atoms with Crippen molar-refractivity contribution in [3.8, 4) is 0 Å². The summed E-state index contributed by atoms with van der Waals surface area (Å²) in [5.41, 5.74) is 6.40. The lowest BCUT2D eigenvalue weighted by molar-refractivity contribution is -0.121. The van der Waals surface area contributed by atoms with E-state index in [1.54, 1.807) is 12.1 Å². The molecule has 3 nitrogen and oxygen atoms in total. The van der Waals surface area contributed by atoms with Gasteiger partial charge in [-0.15, -0.1) is 12.4 Å². The summed E-state index contributed by atoms with van der Waals surface area (Å²) in [6, 6.07) is 4.61. The Morgan fingerprint density at radius 2 is 2.20 bits per heavy atom. The molecule has 1 rings (SSSR count). The molecule has 1 amide bonds. The van der Waals surface area contributed by atoms with Crippen molar-refractivity contribution in [3.63, 3.8) is 0 Å². The van der Waals surface area contributed by atoms with Gasteiger partial charge in [-0.1, -0.05) is 25.8 Å². The van der Waals surface area contributed by atoms with Gasteiger partial charge in [-0.05, 0) is 40.0 Å². The van der Waals surface area contributed by atoms with Gasteiger partial charge in [0.1, 0.15) is 5.82 Å². The van der Waals surface area contributed by atoms with Gasteiger partial charge >= 0.3 is 0 Å². The molecule has 0 saturated heterocycles. The maximum absolute atomic E-state index is 13.1. The number of rotatable bonds is 7. The molecule has 1 unspecified atom stereocenters. The maximum Gasteiger partial charge on any atom is 0.224 e. The molecular weight excluding hydrogens is 347 g/mol. The molecule has 0 radical (unpaired) electrons. The SMILES string of the molecule is CCCCC(CN)NC(=O)Cc1ccc(F)c(Br)c1.Cl. The molecule has 0 spiro atoms. The number of benzene rings is 1. The predicted molar refractivity (Wildman–Crippen MR) is 85.6 cm³/mol. The second-order valence-electron chi connectivity index (χ2n) is 4.57. The molecule has 114 valence electrons. The molecule has 1 aromatic carbocycles. The Hall–Kier alpha value is -0.650. The molecule has 0 aromatic heterocycles. The number of hydrogen-bond acceptors (Lipinski definition) is 2. The fourth-order valence-electron chi connectivity index (χ4n) is 1.81. The minimum absolute atomic E-state index is 0. The van der Waals surface area contributed by atoms with E-state index >= 15 is 0 Å². The van der Waals surface area contributed by atoms with Crippen LogP contribution in [0.25, 0.3) is 0 Å². The number of nitrogens with two attached hydrogens (primary N) is 1. The van der Waals surface area contributed by atoms with Crippen molar-refractivity contribution < 1.29 is 9.18 Å². The molecule has 1 aromatic rings. The number of carbonyl (C=O) groups is 1. The Bertz CT molecular complexity index is 432. The lowest BCUT2D eigenvalue weighted by Crippen LogP contribution is -2.40. The number of halogens is 3. The van der Waals surface area contributed by atoms with Crippen molar-refractivity contribution >= 4 is 34.2 Å². The number of carbonyl (C=O) groups excluding carboxylic acids is 1. The number of hydrogen-bond donors (Lipinski definition) is 2. The molecule has 6 heteroatoms. The van der Waals surface area contributed by atoms with Crippen molar-refractivity contribution in [3.05, 3.63) is 34.1 Å². The zero-order valence-corrected chi connectivity index (χ0v) is 13.9. The van der Waals surface area contributed by atoms with Crippen LogP contribution in [0, 0.1) is 5.82 Å². The first kappa shape index (κ1) is 19.4. The summed E-state index contributed by atoms with van der Waals surface area (Å²) in [5.74, 6) is -0.406. The van der Waals surface area contributed by atoms with Gasteiger partial charge in [0.2, 0.25) is 5.91 Å². The Morgan fingerprint density at radius 1 is 1.50 bits per heavy atom. The lowest BCUT2D eigenvalue weighted by Gasteiger charge is -2.16. The zero-order chi connectivity index (χ0) is 14.3. The van der Waals surface area contributed by atoms with Gasteiger partial charge in [0.05, 0.1) is 10.9 Å². The standard InChI is InChI=1S/C14H20BrFN2O.ClH/c1-2-3-4-11(9-17)18-14(19)8-10-5-6-13(16)12(15)7-10;/h5-7,11H,2-4,8-9,17H2,1H3,(H,18,19);1H. The molecule has 0 fully saturated rings. The molecular formula is C14H21BrClFN2O. The fourth-order valence-corrected chi connectivity index (χ4v) is 2.24. The van der Waals surface area contributed by atoms with E-state index < -0.39 is 0 Å². The highest BCUT2D eigenvalue weighted by atomic mass is 79.9. The van der Waals surface area contributed by atoms with Crippen LogP contribution < -0.4 is 11.1 Å². The number of nitrogens with one attached hydrogen (secondary N) is 1. The third-order valence-corrected chi connectivity index (χ3v) is 3.51. The summed E-state index contributed by atoms with van der Waals surface area (Å²) in [6.07, 6.45) is 3.26. The molecule has 0 heterocycles. The van der Waals surface area contributed by atoms with Crippen LogP contribution in [0.4, 0.5) is 4.39 Å². The summed E-state index contributed by atoms with van der Waals surface area (Å²) in [6.45, 7) is 2.55. The van der Waals surface area contributed by atoms with Crippen LogP contribution >= 0.6 is 28.3 Å². The molecule has 1 atom stereocenters. The molecule has 0 aliphatic rings. The van der Waals surface area contributed by atoms with Crippen LogP contribution in [0.1, 0.15) is 31.7 Å². The average Bonchev–Trinajstić information content (AvgIpc) is 2.38. The van der Waals surface area contributed by atoms with E-state index in [0.717, 1.165) is 24.8 Å². The van der Waals surface area contributed by atoms with E-state index in [1.165, 1.54) is 6.07 Å². The Labute approximate surface area is 134 Å². The monoisotopic (exact) mass is 366 g/mol. The van der Waals surface area contributed by atoms with E-state index in [1.807, 2.05) is 0 Å². The molecule has 3 N–H and O–H groups in total. The quantitative estimate of drug-likeness (QED) is 0.777. The summed E-state index contributed by atoms with van der Waals surface area (Å²) >= 11 is 3.11. The minimum atomic E-state index is -0.327. The van der Waals surface area contributed by atoms with Crippen LogP contribution in [-0.2, 0) is 11.2 Å². The largest absolute Gasteiger partial charge is 0.352 e. The van der Waals surface area contributed by atoms with Gasteiger partial charge in [0, 0.05) is 12.6 Å². The maximum atomic E-state index is 13.1. The number of unbranched alkanes of at least 4 members (excludes halogenated alkanes) is 1. The van der Waals surface area contributed by atoms with Crippen LogP contribution in [0.3, 0.4) is 0 Å². The summed E-state index contributed by atoms with van der Waals surface area (Å²) in [5, 5.41) is 2.91. The van der Waals surface area contributed by atoms with Crippen LogP contribution in [0.5, 0.6) is 0 Å². The summed E-state index contributed by atoms with van der Waals surface area (Å²) in [7, 11) is 0. The van der Waals surface area contributed by atoms with E-state index in [-0.39, 0.29) is 36.6 Å². The van der Waals surface area contributed by atoms with Crippen LogP contribution in [0.15, 0.2) is 22.7 Å². The van der Waals surface area contributed by atoms with Crippen LogP contribution in [-0.4, -0.2) is 18.5 Å². The van der Waals surface area contributed by atoms with E-state index in [9.17, 15) is 9.18 Å². The highest BCUT2D eigenvalue weighted by Gasteiger charge is 2.11. The molecule has 0 aliphatic carbocycles. The molecule has 0 bridgehead atoms. The average molecular weight is 368 g/mol. The van der Waals surface area contributed by atoms with Crippen LogP contribution in [0.2, 0.25) is 0 Å². The van der Waals surface area contributed by atoms with Crippen molar-refractivity contribution in [2.24, 2.45) is 5.73 Å². The molecule has 0 aliphatic heterocycles. The highest BCUT2D eigenvalue weighted by molar-refractivity contribution is 9.10. The Balaban J connectivity index is 0.00000361. The van der Waals surface area contributed by atoms with Crippen molar-refractivity contribution in [1.29, 1.82) is 0 Å². The van der Waals surface area contributed by atoms with Gasteiger partial charge in [-0.2, -0.15) is 0 Å². The summed E-state index contributed by atoms with van der Waals surface area (Å²) in [4.78, 5) is 11.9. The topological polar surface area (TPSA) is 55.1 Å². The molecule has 0 saturated carbocycles. The highest BCUT2D eigenvalue weighted by Crippen LogP contribution is 2.17. The first-order valence-corrected chi connectivity index (χ1v) is 7.29.